The number of nitrogens with zero attached hydrogens (tertiary/aromatic N) is 3. The Bertz CT molecular complexity index is 658. The van der Waals surface area contributed by atoms with Crippen LogP contribution in [0.1, 0.15) is 18.9 Å². The Labute approximate surface area is 173 Å². The van der Waals surface area contributed by atoms with E-state index in [1.54, 1.807) is 0 Å². The molecule has 2 saturated heterocycles. The van der Waals surface area contributed by atoms with E-state index >= 15 is 0 Å². The van der Waals surface area contributed by atoms with Gasteiger partial charge in [0, 0.05) is 45.0 Å². The van der Waals surface area contributed by atoms with E-state index in [0.717, 1.165) is 76.1 Å². The molecule has 1 amide bonds. The zero-order chi connectivity index (χ0) is 20.3. The predicted molar refractivity (Wildman–Crippen MR) is 116 cm³/mol. The number of nitrogens with one attached hydrogen (secondary N) is 3. The first-order valence-electron chi connectivity index (χ1n) is 10.7. The molecule has 3 N–H and O–H groups in total. The molecule has 1 aromatic carbocycles. The smallest absolute Gasteiger partial charge is 0.239 e. The van der Waals surface area contributed by atoms with Gasteiger partial charge in [0.1, 0.15) is 0 Å². The summed E-state index contributed by atoms with van der Waals surface area (Å²) in [6, 6.07) is 8.33. The quantitative estimate of drug-likeness (QED) is 0.332. The Hall–Kier alpha value is -2.32. The predicted octanol–water partition coefficient (Wildman–Crippen LogP) is 0.400. The van der Waals surface area contributed by atoms with E-state index < -0.39 is 0 Å². The normalized spacial score (nSPS) is 18.4. The molecule has 0 radical (unpaired) electrons. The highest BCUT2D eigenvalue weighted by atomic mass is 16.5. The number of carbonyl (C=O) groups excluding carboxylic acids is 1. The van der Waals surface area contributed by atoms with E-state index in [2.05, 4.69) is 56.9 Å². The largest absolute Gasteiger partial charge is 0.379 e. The molecular weight excluding hydrogens is 368 g/mol. The van der Waals surface area contributed by atoms with Gasteiger partial charge >= 0.3 is 0 Å². The number of morpholine rings is 1. The second-order valence-electron chi connectivity index (χ2n) is 7.37. The minimum absolute atomic E-state index is 0.0832. The number of hydrogen-bond acceptors (Lipinski definition) is 5. The lowest BCUT2D eigenvalue weighted by Gasteiger charge is -2.28. The number of anilines is 1. The Morgan fingerprint density at radius 3 is 2.69 bits per heavy atom. The summed E-state index contributed by atoms with van der Waals surface area (Å²) in [4.78, 5) is 20.8. The van der Waals surface area contributed by atoms with Crippen molar-refractivity contribution >= 4 is 17.6 Å². The average molecular weight is 403 g/mol. The Morgan fingerprint density at radius 1 is 1.17 bits per heavy atom. The van der Waals surface area contributed by atoms with Crippen LogP contribution in [0, 0.1) is 0 Å². The minimum atomic E-state index is 0.0832. The Balaban J connectivity index is 1.44. The molecule has 8 heteroatoms. The average Bonchev–Trinajstić information content (AvgIpc) is 2.76. The summed E-state index contributed by atoms with van der Waals surface area (Å²) in [5, 5.41) is 9.60. The third-order valence-corrected chi connectivity index (χ3v) is 5.15. The molecule has 160 valence electrons. The third kappa shape index (κ3) is 7.21. The van der Waals surface area contributed by atoms with Crippen LogP contribution in [0.3, 0.4) is 0 Å². The number of guanidine groups is 1. The van der Waals surface area contributed by atoms with Crippen molar-refractivity contribution in [3.8, 4) is 0 Å². The lowest BCUT2D eigenvalue weighted by atomic mass is 10.2. The van der Waals surface area contributed by atoms with E-state index in [0.29, 0.717) is 19.6 Å². The van der Waals surface area contributed by atoms with Crippen molar-refractivity contribution in [1.29, 1.82) is 0 Å². The maximum absolute atomic E-state index is 11.6. The summed E-state index contributed by atoms with van der Waals surface area (Å²) in [7, 11) is 0. The van der Waals surface area contributed by atoms with Gasteiger partial charge in [-0.05, 0) is 37.6 Å². The molecule has 2 aliphatic rings. The molecule has 2 fully saturated rings. The van der Waals surface area contributed by atoms with Crippen molar-refractivity contribution in [2.75, 3.05) is 70.5 Å². The summed E-state index contributed by atoms with van der Waals surface area (Å²) >= 11 is 0. The molecule has 0 saturated carbocycles. The van der Waals surface area contributed by atoms with E-state index in [1.165, 1.54) is 0 Å². The molecule has 1 aromatic rings. The van der Waals surface area contributed by atoms with Gasteiger partial charge in [0.05, 0.1) is 26.3 Å². The highest BCUT2D eigenvalue weighted by molar-refractivity contribution is 5.82. The molecule has 2 aliphatic heterocycles. The van der Waals surface area contributed by atoms with Crippen LogP contribution < -0.4 is 20.9 Å². The van der Waals surface area contributed by atoms with E-state index in [9.17, 15) is 4.79 Å². The molecule has 0 aromatic heterocycles. The number of carbonyl (C=O) groups is 1. The number of aliphatic imine (C=N–C) groups is 1. The second-order valence-corrected chi connectivity index (χ2v) is 7.37. The van der Waals surface area contributed by atoms with Crippen LogP contribution in [0.5, 0.6) is 0 Å². The fourth-order valence-corrected chi connectivity index (χ4v) is 3.52. The molecule has 2 heterocycles. The molecule has 0 bridgehead atoms. The van der Waals surface area contributed by atoms with Crippen LogP contribution in [-0.4, -0.2) is 82.3 Å². The number of hydrogen-bond donors (Lipinski definition) is 3. The first-order valence-corrected chi connectivity index (χ1v) is 10.7. The maximum Gasteiger partial charge on any atom is 0.239 e. The molecule has 29 heavy (non-hydrogen) atoms. The van der Waals surface area contributed by atoms with Gasteiger partial charge in [-0.2, -0.15) is 0 Å². The van der Waals surface area contributed by atoms with E-state index in [1.807, 2.05) is 0 Å². The van der Waals surface area contributed by atoms with Gasteiger partial charge in [0.15, 0.2) is 5.96 Å². The highest BCUT2D eigenvalue weighted by Crippen LogP contribution is 2.16. The van der Waals surface area contributed by atoms with Gasteiger partial charge < -0.3 is 25.6 Å². The van der Waals surface area contributed by atoms with Crippen LogP contribution >= 0.6 is 0 Å². The topological polar surface area (TPSA) is 81.2 Å². The zero-order valence-electron chi connectivity index (χ0n) is 17.5. The van der Waals surface area contributed by atoms with Crippen molar-refractivity contribution in [2.24, 2.45) is 4.99 Å². The van der Waals surface area contributed by atoms with Gasteiger partial charge in [0.25, 0.3) is 0 Å². The van der Waals surface area contributed by atoms with Crippen LogP contribution in [0.2, 0.25) is 0 Å². The van der Waals surface area contributed by atoms with Crippen LogP contribution in [-0.2, 0) is 16.1 Å². The van der Waals surface area contributed by atoms with Crippen molar-refractivity contribution in [1.82, 2.24) is 20.9 Å². The van der Waals surface area contributed by atoms with Crippen molar-refractivity contribution in [3.63, 3.8) is 0 Å². The van der Waals surface area contributed by atoms with E-state index in [4.69, 9.17) is 9.73 Å². The lowest BCUT2D eigenvalue weighted by molar-refractivity contribution is -0.120. The summed E-state index contributed by atoms with van der Waals surface area (Å²) in [6.45, 7) is 11.3. The Kier molecular flexibility index (Phi) is 8.58. The summed E-state index contributed by atoms with van der Waals surface area (Å²) in [6.07, 6.45) is 1.09. The van der Waals surface area contributed by atoms with Gasteiger partial charge in [-0.25, -0.2) is 4.99 Å². The zero-order valence-corrected chi connectivity index (χ0v) is 17.5. The molecule has 0 spiro atoms. The number of benzene rings is 1. The number of rotatable bonds is 8. The van der Waals surface area contributed by atoms with Gasteiger partial charge in [-0.1, -0.05) is 12.1 Å². The fourth-order valence-electron chi connectivity index (χ4n) is 3.52. The van der Waals surface area contributed by atoms with Crippen molar-refractivity contribution in [2.45, 2.75) is 19.9 Å². The third-order valence-electron chi connectivity index (χ3n) is 5.15. The van der Waals surface area contributed by atoms with Crippen LogP contribution in [0.15, 0.2) is 29.3 Å². The summed E-state index contributed by atoms with van der Waals surface area (Å²) in [5.74, 6) is 0.936. The number of piperazine rings is 1. The molecule has 0 atom stereocenters. The molecule has 0 aliphatic carbocycles. The van der Waals surface area contributed by atoms with Crippen molar-refractivity contribution in [3.05, 3.63) is 29.8 Å². The van der Waals surface area contributed by atoms with E-state index in [-0.39, 0.29) is 5.91 Å². The monoisotopic (exact) mass is 402 g/mol. The summed E-state index contributed by atoms with van der Waals surface area (Å²) < 4.78 is 5.39. The standard InChI is InChI=1S/C21H34N6O2/c1-2-22-21(24-8-3-10-26-12-14-29-15-13-26)25-16-18-4-6-19(7-5-18)27-11-9-23-20(28)17-27/h4-7H,2-3,8-17H2,1H3,(H,23,28)(H2,22,24,25). The van der Waals surface area contributed by atoms with Gasteiger partial charge in [-0.3, -0.25) is 9.69 Å². The number of amides is 1. The number of ether oxygens (including phenoxy) is 1. The molecule has 3 rings (SSSR count). The van der Waals surface area contributed by atoms with Crippen LogP contribution in [0.4, 0.5) is 5.69 Å². The molecular formula is C21H34N6O2. The SMILES string of the molecule is CCNC(=NCc1ccc(N2CCNC(=O)C2)cc1)NCCCN1CCOCC1. The van der Waals surface area contributed by atoms with Crippen LogP contribution in [0.25, 0.3) is 0 Å². The minimum Gasteiger partial charge on any atom is -0.379 e. The van der Waals surface area contributed by atoms with Gasteiger partial charge in [0.2, 0.25) is 5.91 Å². The highest BCUT2D eigenvalue weighted by Gasteiger charge is 2.16. The Morgan fingerprint density at radius 2 is 1.97 bits per heavy atom. The summed E-state index contributed by atoms with van der Waals surface area (Å²) in [5.41, 5.74) is 2.24. The lowest BCUT2D eigenvalue weighted by Crippen LogP contribution is -2.47. The molecule has 0 unspecified atom stereocenters. The fraction of sp³-hybridized carbons (Fsp3) is 0.619. The maximum atomic E-state index is 11.6. The first kappa shape index (κ1) is 21.4. The van der Waals surface area contributed by atoms with Crippen molar-refractivity contribution < 1.29 is 9.53 Å². The second kappa shape index (κ2) is 11.6. The molecule has 8 nitrogen and oxygen atoms in total. The van der Waals surface area contributed by atoms with Gasteiger partial charge in [-0.15, -0.1) is 0 Å². The first-order chi connectivity index (χ1) is 14.2.